The predicted molar refractivity (Wildman–Crippen MR) is 81.0 cm³/mol. The van der Waals surface area contributed by atoms with E-state index in [1.165, 1.54) is 0 Å². The first-order chi connectivity index (χ1) is 9.05. The Hall–Kier alpha value is -1.42. The second-order valence-electron chi connectivity index (χ2n) is 5.28. The van der Waals surface area contributed by atoms with Crippen LogP contribution >= 0.6 is 12.2 Å². The molecule has 0 saturated heterocycles. The molecule has 0 heterocycles. The van der Waals surface area contributed by atoms with E-state index in [-0.39, 0.29) is 11.8 Å². The van der Waals surface area contributed by atoms with Gasteiger partial charge < -0.3 is 11.1 Å². The molecule has 3 N–H and O–H groups in total. The van der Waals surface area contributed by atoms with E-state index in [4.69, 9.17) is 18.0 Å². The lowest BCUT2D eigenvalue weighted by Gasteiger charge is -2.30. The Kier molecular flexibility index (Phi) is 4.20. The summed E-state index contributed by atoms with van der Waals surface area (Å²) in [7, 11) is 0. The molecule has 1 aliphatic carbocycles. The zero-order valence-corrected chi connectivity index (χ0v) is 12.0. The van der Waals surface area contributed by atoms with Crippen molar-refractivity contribution in [2.45, 2.75) is 44.1 Å². The zero-order valence-electron chi connectivity index (χ0n) is 11.2. The van der Waals surface area contributed by atoms with Gasteiger partial charge in [0, 0.05) is 0 Å². The van der Waals surface area contributed by atoms with Crippen molar-refractivity contribution < 1.29 is 4.79 Å². The summed E-state index contributed by atoms with van der Waals surface area (Å²) in [6.07, 6.45) is 3.85. The fraction of sp³-hybridized carbons (Fsp3) is 0.467. The minimum atomic E-state index is -0.463. The van der Waals surface area contributed by atoms with Gasteiger partial charge in [-0.1, -0.05) is 55.4 Å². The molecular weight excluding hydrogens is 256 g/mol. The molecular formula is C15H20N2OS. The standard InChI is InChI=1S/C15H20N2OS/c1-11(12-7-3-2-4-8-12)13(18)17-15(14(16)19)9-5-6-10-15/h2-4,7-8,11H,5-6,9-10H2,1H3,(H2,16,19)(H,17,18). The third-order valence-electron chi connectivity index (χ3n) is 3.98. The molecule has 1 atom stereocenters. The molecule has 0 radical (unpaired) electrons. The molecule has 3 nitrogen and oxygen atoms in total. The number of hydrogen-bond donors (Lipinski definition) is 2. The van der Waals surface area contributed by atoms with Crippen molar-refractivity contribution in [3.63, 3.8) is 0 Å². The van der Waals surface area contributed by atoms with Gasteiger partial charge in [0.25, 0.3) is 0 Å². The van der Waals surface area contributed by atoms with Crippen LogP contribution < -0.4 is 11.1 Å². The van der Waals surface area contributed by atoms with Crippen molar-refractivity contribution in [3.05, 3.63) is 35.9 Å². The highest BCUT2D eigenvalue weighted by Crippen LogP contribution is 2.31. The van der Waals surface area contributed by atoms with Crippen LogP contribution in [0.1, 0.15) is 44.1 Å². The van der Waals surface area contributed by atoms with Crippen LogP contribution in [-0.2, 0) is 4.79 Å². The molecule has 2 rings (SSSR count). The van der Waals surface area contributed by atoms with Crippen molar-refractivity contribution in [2.24, 2.45) is 5.73 Å². The molecule has 0 aromatic heterocycles. The van der Waals surface area contributed by atoms with Crippen LogP contribution in [-0.4, -0.2) is 16.4 Å². The first kappa shape index (κ1) is 14.0. The van der Waals surface area contributed by atoms with Crippen molar-refractivity contribution in [1.29, 1.82) is 0 Å². The van der Waals surface area contributed by atoms with E-state index >= 15 is 0 Å². The van der Waals surface area contributed by atoms with Crippen LogP contribution in [0.15, 0.2) is 30.3 Å². The number of hydrogen-bond acceptors (Lipinski definition) is 2. The third-order valence-corrected chi connectivity index (χ3v) is 4.37. The lowest BCUT2D eigenvalue weighted by atomic mass is 9.94. The summed E-state index contributed by atoms with van der Waals surface area (Å²) in [5, 5.41) is 3.08. The average Bonchev–Trinajstić information content (AvgIpc) is 2.88. The number of thiocarbonyl (C=S) groups is 1. The van der Waals surface area contributed by atoms with Crippen molar-refractivity contribution in [2.75, 3.05) is 0 Å². The van der Waals surface area contributed by atoms with Gasteiger partial charge in [-0.05, 0) is 25.3 Å². The zero-order chi connectivity index (χ0) is 13.9. The van der Waals surface area contributed by atoms with E-state index in [2.05, 4.69) is 5.32 Å². The van der Waals surface area contributed by atoms with Crippen LogP contribution in [0.5, 0.6) is 0 Å². The van der Waals surface area contributed by atoms with E-state index in [0.29, 0.717) is 4.99 Å². The topological polar surface area (TPSA) is 55.1 Å². The lowest BCUT2D eigenvalue weighted by molar-refractivity contribution is -0.123. The highest BCUT2D eigenvalue weighted by atomic mass is 32.1. The minimum Gasteiger partial charge on any atom is -0.391 e. The lowest BCUT2D eigenvalue weighted by Crippen LogP contribution is -2.55. The largest absolute Gasteiger partial charge is 0.391 e. The molecule has 1 fully saturated rings. The number of rotatable bonds is 4. The van der Waals surface area contributed by atoms with Crippen molar-refractivity contribution in [1.82, 2.24) is 5.32 Å². The van der Waals surface area contributed by atoms with E-state index in [1.54, 1.807) is 0 Å². The monoisotopic (exact) mass is 276 g/mol. The molecule has 0 bridgehead atoms. The van der Waals surface area contributed by atoms with Gasteiger partial charge in [-0.25, -0.2) is 0 Å². The SMILES string of the molecule is CC(C(=O)NC1(C(N)=S)CCCC1)c1ccccc1. The highest BCUT2D eigenvalue weighted by Gasteiger charge is 2.39. The number of nitrogens with two attached hydrogens (primary N) is 1. The first-order valence-electron chi connectivity index (χ1n) is 6.72. The van der Waals surface area contributed by atoms with Gasteiger partial charge in [0.05, 0.1) is 16.4 Å². The Bertz CT molecular complexity index is 466. The normalized spacial score (nSPS) is 18.8. The van der Waals surface area contributed by atoms with Gasteiger partial charge in [-0.2, -0.15) is 0 Å². The van der Waals surface area contributed by atoms with Crippen molar-refractivity contribution >= 4 is 23.1 Å². The number of nitrogens with one attached hydrogen (secondary N) is 1. The van der Waals surface area contributed by atoms with E-state index in [0.717, 1.165) is 31.2 Å². The Labute approximate surface area is 119 Å². The van der Waals surface area contributed by atoms with E-state index in [9.17, 15) is 4.79 Å². The summed E-state index contributed by atoms with van der Waals surface area (Å²) in [6.45, 7) is 1.91. The van der Waals surface area contributed by atoms with Gasteiger partial charge in [0.1, 0.15) is 0 Å². The Balaban J connectivity index is 2.10. The first-order valence-corrected chi connectivity index (χ1v) is 7.13. The third kappa shape index (κ3) is 2.95. The van der Waals surface area contributed by atoms with E-state index in [1.807, 2.05) is 37.3 Å². The Morgan fingerprint density at radius 1 is 1.32 bits per heavy atom. The second-order valence-corrected chi connectivity index (χ2v) is 5.71. The van der Waals surface area contributed by atoms with Crippen molar-refractivity contribution in [3.8, 4) is 0 Å². The minimum absolute atomic E-state index is 0.000833. The van der Waals surface area contributed by atoms with Gasteiger partial charge in [0.15, 0.2) is 0 Å². The van der Waals surface area contributed by atoms with E-state index < -0.39 is 5.54 Å². The molecule has 1 aliphatic rings. The van der Waals surface area contributed by atoms with Crippen LogP contribution in [0.2, 0.25) is 0 Å². The van der Waals surface area contributed by atoms with Crippen LogP contribution in [0, 0.1) is 0 Å². The van der Waals surface area contributed by atoms with Crippen LogP contribution in [0.3, 0.4) is 0 Å². The maximum Gasteiger partial charge on any atom is 0.228 e. The second kappa shape index (κ2) is 5.70. The molecule has 1 saturated carbocycles. The predicted octanol–water partition coefficient (Wildman–Crippen LogP) is 2.51. The quantitative estimate of drug-likeness (QED) is 0.831. The van der Waals surface area contributed by atoms with Crippen LogP contribution in [0.25, 0.3) is 0 Å². The molecule has 102 valence electrons. The molecule has 4 heteroatoms. The molecule has 0 aliphatic heterocycles. The Morgan fingerprint density at radius 3 is 2.42 bits per heavy atom. The maximum absolute atomic E-state index is 12.4. The molecule has 19 heavy (non-hydrogen) atoms. The van der Waals surface area contributed by atoms with Crippen LogP contribution in [0.4, 0.5) is 0 Å². The summed E-state index contributed by atoms with van der Waals surface area (Å²) >= 11 is 5.15. The van der Waals surface area contributed by atoms with Gasteiger partial charge in [-0.3, -0.25) is 4.79 Å². The maximum atomic E-state index is 12.4. The van der Waals surface area contributed by atoms with Gasteiger partial charge >= 0.3 is 0 Å². The summed E-state index contributed by atoms with van der Waals surface area (Å²) in [5.41, 5.74) is 6.38. The molecule has 1 amide bonds. The number of amides is 1. The van der Waals surface area contributed by atoms with Gasteiger partial charge in [0.2, 0.25) is 5.91 Å². The average molecular weight is 276 g/mol. The fourth-order valence-electron chi connectivity index (χ4n) is 2.65. The molecule has 1 aromatic carbocycles. The fourth-order valence-corrected chi connectivity index (χ4v) is 2.90. The summed E-state index contributed by atoms with van der Waals surface area (Å²) < 4.78 is 0. The molecule has 1 unspecified atom stereocenters. The molecule has 0 spiro atoms. The summed E-state index contributed by atoms with van der Waals surface area (Å²) in [6, 6.07) is 9.76. The number of benzene rings is 1. The summed E-state index contributed by atoms with van der Waals surface area (Å²) in [5.74, 6) is -0.186. The smallest absolute Gasteiger partial charge is 0.228 e. The number of carbonyl (C=O) groups excluding carboxylic acids is 1. The molecule has 1 aromatic rings. The Morgan fingerprint density at radius 2 is 1.89 bits per heavy atom. The highest BCUT2D eigenvalue weighted by molar-refractivity contribution is 7.80. The number of carbonyl (C=O) groups is 1. The van der Waals surface area contributed by atoms with Gasteiger partial charge in [-0.15, -0.1) is 0 Å². The summed E-state index contributed by atoms with van der Waals surface area (Å²) in [4.78, 5) is 12.8.